The van der Waals surface area contributed by atoms with Crippen molar-refractivity contribution in [3.05, 3.63) is 35.4 Å². The third-order valence-corrected chi connectivity index (χ3v) is 2.25. The Hall–Kier alpha value is -1.30. The number of rotatable bonds is 3. The van der Waals surface area contributed by atoms with Crippen LogP contribution in [0.2, 0.25) is 0 Å². The lowest BCUT2D eigenvalue weighted by Crippen LogP contribution is -2.18. The van der Waals surface area contributed by atoms with Crippen LogP contribution in [-0.2, 0) is 4.79 Å². The maximum absolute atomic E-state index is 13.4. The molecule has 0 spiro atoms. The highest BCUT2D eigenvalue weighted by Crippen LogP contribution is 2.11. The van der Waals surface area contributed by atoms with Gasteiger partial charge in [0, 0.05) is 23.9 Å². The van der Waals surface area contributed by atoms with Crippen LogP contribution < -0.4 is 5.43 Å². The van der Waals surface area contributed by atoms with Gasteiger partial charge in [-0.05, 0) is 12.1 Å². The molecule has 86 valence electrons. The predicted octanol–water partition coefficient (Wildman–Crippen LogP) is 2.20. The molecule has 1 aromatic rings. The Balaban J connectivity index is 3.04. The number of nitrogens with zero attached hydrogens (tertiary/aromatic N) is 1. The summed E-state index contributed by atoms with van der Waals surface area (Å²) in [4.78, 5) is 10.6. The Labute approximate surface area is 99.7 Å². The van der Waals surface area contributed by atoms with E-state index in [2.05, 4.69) is 26.5 Å². The Morgan fingerprint density at radius 3 is 2.69 bits per heavy atom. The van der Waals surface area contributed by atoms with Crippen molar-refractivity contribution in [2.24, 2.45) is 5.10 Å². The summed E-state index contributed by atoms with van der Waals surface area (Å²) in [5.74, 6) is -1.74. The Kier molecular flexibility index (Phi) is 4.54. The molecule has 0 bridgehead atoms. The largest absolute Gasteiger partial charge is 0.274 e. The van der Waals surface area contributed by atoms with Gasteiger partial charge in [0.2, 0.25) is 5.91 Å². The molecule has 0 saturated carbocycles. The van der Waals surface area contributed by atoms with Gasteiger partial charge in [0.25, 0.3) is 0 Å². The third kappa shape index (κ3) is 3.37. The standard InChI is InChI=1S/C10H9BrF2N2O/c1-6(16)14-15-10(5-11)8-3-2-7(12)4-9(8)13/h2-4H,5H2,1H3,(H,14,16)/b15-10+. The number of hydrogen-bond acceptors (Lipinski definition) is 2. The zero-order chi connectivity index (χ0) is 12.1. The zero-order valence-corrected chi connectivity index (χ0v) is 10.0. The number of hydrazone groups is 1. The summed E-state index contributed by atoms with van der Waals surface area (Å²) < 4.78 is 26.0. The van der Waals surface area contributed by atoms with Crippen LogP contribution in [0.3, 0.4) is 0 Å². The fourth-order valence-electron chi connectivity index (χ4n) is 1.03. The summed E-state index contributed by atoms with van der Waals surface area (Å²) in [6, 6.07) is 3.16. The van der Waals surface area contributed by atoms with Gasteiger partial charge < -0.3 is 0 Å². The molecule has 3 nitrogen and oxygen atoms in total. The first-order valence-electron chi connectivity index (χ1n) is 4.39. The van der Waals surface area contributed by atoms with E-state index < -0.39 is 11.6 Å². The van der Waals surface area contributed by atoms with E-state index in [1.165, 1.54) is 13.0 Å². The molecule has 0 radical (unpaired) electrons. The minimum atomic E-state index is -0.719. The quantitative estimate of drug-likeness (QED) is 0.518. The van der Waals surface area contributed by atoms with E-state index in [-0.39, 0.29) is 22.5 Å². The van der Waals surface area contributed by atoms with Gasteiger partial charge in [-0.25, -0.2) is 14.2 Å². The lowest BCUT2D eigenvalue weighted by Gasteiger charge is -2.04. The summed E-state index contributed by atoms with van der Waals surface area (Å²) in [6.07, 6.45) is 0. The lowest BCUT2D eigenvalue weighted by molar-refractivity contribution is -0.118. The van der Waals surface area contributed by atoms with Gasteiger partial charge in [-0.1, -0.05) is 15.9 Å². The summed E-state index contributed by atoms with van der Waals surface area (Å²) in [5.41, 5.74) is 2.63. The van der Waals surface area contributed by atoms with Gasteiger partial charge in [0.15, 0.2) is 0 Å². The van der Waals surface area contributed by atoms with Crippen molar-refractivity contribution >= 4 is 27.5 Å². The third-order valence-electron chi connectivity index (χ3n) is 1.72. The molecule has 1 N–H and O–H groups in total. The molecule has 6 heteroatoms. The molecule has 0 heterocycles. The molecule has 16 heavy (non-hydrogen) atoms. The molecule has 0 aromatic heterocycles. The molecule has 0 aliphatic rings. The molecule has 1 aromatic carbocycles. The number of carbonyl (C=O) groups excluding carboxylic acids is 1. The van der Waals surface area contributed by atoms with Crippen molar-refractivity contribution in [3.63, 3.8) is 0 Å². The second-order valence-corrected chi connectivity index (χ2v) is 3.55. The van der Waals surface area contributed by atoms with Crippen molar-refractivity contribution in [1.29, 1.82) is 0 Å². The topological polar surface area (TPSA) is 41.5 Å². The summed E-state index contributed by atoms with van der Waals surface area (Å²) >= 11 is 3.11. The van der Waals surface area contributed by atoms with Gasteiger partial charge in [-0.3, -0.25) is 4.79 Å². The predicted molar refractivity (Wildman–Crippen MR) is 60.5 cm³/mol. The summed E-state index contributed by atoms with van der Waals surface area (Å²) in [7, 11) is 0. The maximum Gasteiger partial charge on any atom is 0.236 e. The lowest BCUT2D eigenvalue weighted by atomic mass is 10.1. The van der Waals surface area contributed by atoms with Crippen LogP contribution in [0.1, 0.15) is 12.5 Å². The van der Waals surface area contributed by atoms with Gasteiger partial charge in [-0.2, -0.15) is 5.10 Å². The van der Waals surface area contributed by atoms with Crippen LogP contribution in [0, 0.1) is 11.6 Å². The first-order valence-corrected chi connectivity index (χ1v) is 5.51. The number of alkyl halides is 1. The number of carbonyl (C=O) groups is 1. The number of benzene rings is 1. The Morgan fingerprint density at radius 2 is 2.19 bits per heavy atom. The van der Waals surface area contributed by atoms with E-state index >= 15 is 0 Å². The van der Waals surface area contributed by atoms with Crippen LogP contribution in [-0.4, -0.2) is 16.9 Å². The van der Waals surface area contributed by atoms with Crippen LogP contribution in [0.15, 0.2) is 23.3 Å². The second-order valence-electron chi connectivity index (χ2n) is 2.98. The van der Waals surface area contributed by atoms with Gasteiger partial charge in [-0.15, -0.1) is 0 Å². The molecule has 1 rings (SSSR count). The van der Waals surface area contributed by atoms with Crippen molar-refractivity contribution in [2.75, 3.05) is 5.33 Å². The van der Waals surface area contributed by atoms with Crippen molar-refractivity contribution in [3.8, 4) is 0 Å². The highest BCUT2D eigenvalue weighted by atomic mass is 79.9. The normalized spacial score (nSPS) is 11.4. The highest BCUT2D eigenvalue weighted by molar-refractivity contribution is 9.09. The van der Waals surface area contributed by atoms with E-state index in [1.54, 1.807) is 0 Å². The fraction of sp³-hybridized carbons (Fsp3) is 0.200. The minimum Gasteiger partial charge on any atom is -0.274 e. The fourth-order valence-corrected chi connectivity index (χ4v) is 1.46. The van der Waals surface area contributed by atoms with Crippen LogP contribution >= 0.6 is 15.9 Å². The SMILES string of the molecule is CC(=O)N/N=C(\CBr)c1ccc(F)cc1F. The number of amides is 1. The number of nitrogens with one attached hydrogen (secondary N) is 1. The minimum absolute atomic E-state index is 0.145. The molecule has 0 aliphatic heterocycles. The number of halogens is 3. The molecular weight excluding hydrogens is 282 g/mol. The molecule has 0 unspecified atom stereocenters. The second kappa shape index (κ2) is 5.69. The molecular formula is C10H9BrF2N2O. The maximum atomic E-state index is 13.4. The average Bonchev–Trinajstić information content (AvgIpc) is 2.21. The smallest absolute Gasteiger partial charge is 0.236 e. The molecule has 0 atom stereocenters. The van der Waals surface area contributed by atoms with E-state index in [0.717, 1.165) is 12.1 Å². The van der Waals surface area contributed by atoms with Gasteiger partial charge in [0.1, 0.15) is 11.6 Å². The van der Waals surface area contributed by atoms with Crippen molar-refractivity contribution in [1.82, 2.24) is 5.43 Å². The van der Waals surface area contributed by atoms with E-state index in [9.17, 15) is 13.6 Å². The summed E-state index contributed by atoms with van der Waals surface area (Å²) in [5, 5.41) is 3.96. The molecule has 0 saturated heterocycles. The van der Waals surface area contributed by atoms with Crippen molar-refractivity contribution in [2.45, 2.75) is 6.92 Å². The Bertz CT molecular complexity index is 435. The Morgan fingerprint density at radius 1 is 1.50 bits per heavy atom. The number of hydrogen-bond donors (Lipinski definition) is 1. The van der Waals surface area contributed by atoms with Crippen LogP contribution in [0.5, 0.6) is 0 Å². The van der Waals surface area contributed by atoms with Gasteiger partial charge in [0.05, 0.1) is 5.71 Å². The first kappa shape index (κ1) is 12.8. The average molecular weight is 291 g/mol. The van der Waals surface area contributed by atoms with E-state index in [0.29, 0.717) is 0 Å². The molecule has 0 fully saturated rings. The van der Waals surface area contributed by atoms with Gasteiger partial charge >= 0.3 is 0 Å². The first-order chi connectivity index (χ1) is 7.54. The molecule has 1 amide bonds. The monoisotopic (exact) mass is 290 g/mol. The summed E-state index contributed by atoms with van der Waals surface area (Å²) in [6.45, 7) is 1.29. The van der Waals surface area contributed by atoms with Crippen molar-refractivity contribution < 1.29 is 13.6 Å². The van der Waals surface area contributed by atoms with E-state index in [4.69, 9.17) is 0 Å². The highest BCUT2D eigenvalue weighted by Gasteiger charge is 2.09. The van der Waals surface area contributed by atoms with Crippen LogP contribution in [0.25, 0.3) is 0 Å². The van der Waals surface area contributed by atoms with Crippen LogP contribution in [0.4, 0.5) is 8.78 Å². The zero-order valence-electron chi connectivity index (χ0n) is 8.43. The van der Waals surface area contributed by atoms with E-state index in [1.807, 2.05) is 0 Å². The molecule has 0 aliphatic carbocycles.